The van der Waals surface area contributed by atoms with Crippen LogP contribution in [0, 0.1) is 10.1 Å². The van der Waals surface area contributed by atoms with Gasteiger partial charge in [0, 0.05) is 36.3 Å². The number of nitro groups is 1. The van der Waals surface area contributed by atoms with Crippen molar-refractivity contribution in [3.63, 3.8) is 0 Å². The summed E-state index contributed by atoms with van der Waals surface area (Å²) in [5, 5.41) is 16.5. The molecule has 1 heterocycles. The molecule has 1 aliphatic rings. The molecule has 1 saturated heterocycles. The normalized spacial score (nSPS) is 15.3. The third kappa shape index (κ3) is 5.59. The van der Waals surface area contributed by atoms with Crippen LogP contribution in [0.4, 0.5) is 5.69 Å². The number of hydrogen-bond acceptors (Lipinski definition) is 6. The zero-order chi connectivity index (χ0) is 20.6. The molecular formula is C20H22N4O5. The summed E-state index contributed by atoms with van der Waals surface area (Å²) < 4.78 is 5.36. The van der Waals surface area contributed by atoms with Crippen molar-refractivity contribution in [2.75, 3.05) is 32.8 Å². The Morgan fingerprint density at radius 3 is 2.24 bits per heavy atom. The van der Waals surface area contributed by atoms with Crippen molar-refractivity contribution in [2.45, 2.75) is 6.17 Å². The first-order chi connectivity index (χ1) is 14.0. The van der Waals surface area contributed by atoms with Crippen LogP contribution in [0.1, 0.15) is 20.7 Å². The maximum atomic E-state index is 12.6. The van der Waals surface area contributed by atoms with E-state index < -0.39 is 11.1 Å². The molecule has 0 spiro atoms. The van der Waals surface area contributed by atoms with E-state index in [4.69, 9.17) is 4.74 Å². The van der Waals surface area contributed by atoms with Crippen molar-refractivity contribution in [2.24, 2.45) is 0 Å². The molecule has 0 aromatic heterocycles. The van der Waals surface area contributed by atoms with Crippen LogP contribution in [-0.2, 0) is 4.74 Å². The second-order valence-electron chi connectivity index (χ2n) is 6.52. The zero-order valence-corrected chi connectivity index (χ0v) is 15.7. The number of rotatable bonds is 7. The summed E-state index contributed by atoms with van der Waals surface area (Å²) in [6.07, 6.45) is -0.436. The number of hydrogen-bond donors (Lipinski definition) is 2. The van der Waals surface area contributed by atoms with Gasteiger partial charge in [0.25, 0.3) is 17.5 Å². The van der Waals surface area contributed by atoms with Crippen LogP contribution in [-0.4, -0.2) is 60.7 Å². The molecule has 0 aliphatic carbocycles. The Labute approximate surface area is 167 Å². The summed E-state index contributed by atoms with van der Waals surface area (Å²) in [7, 11) is 0. The lowest BCUT2D eigenvalue weighted by Crippen LogP contribution is -2.57. The average Bonchev–Trinajstić information content (AvgIpc) is 2.77. The van der Waals surface area contributed by atoms with Gasteiger partial charge in [-0.1, -0.05) is 18.2 Å². The quantitative estimate of drug-likeness (QED) is 0.539. The fraction of sp³-hybridized carbons (Fsp3) is 0.300. The summed E-state index contributed by atoms with van der Waals surface area (Å²) in [6, 6.07) is 14.2. The largest absolute Gasteiger partial charge is 0.379 e. The molecule has 1 fully saturated rings. The molecule has 0 saturated carbocycles. The summed E-state index contributed by atoms with van der Waals surface area (Å²) in [6.45, 7) is 2.53. The second kappa shape index (κ2) is 9.76. The predicted molar refractivity (Wildman–Crippen MR) is 106 cm³/mol. The Hall–Kier alpha value is -3.30. The van der Waals surface area contributed by atoms with Crippen molar-refractivity contribution in [3.05, 3.63) is 75.8 Å². The molecule has 3 rings (SSSR count). The van der Waals surface area contributed by atoms with Gasteiger partial charge < -0.3 is 15.4 Å². The minimum atomic E-state index is -0.517. The van der Waals surface area contributed by atoms with Gasteiger partial charge in [0.1, 0.15) is 0 Å². The van der Waals surface area contributed by atoms with Crippen LogP contribution < -0.4 is 10.6 Å². The minimum Gasteiger partial charge on any atom is -0.379 e. The zero-order valence-electron chi connectivity index (χ0n) is 15.7. The van der Waals surface area contributed by atoms with Gasteiger partial charge in [-0.05, 0) is 24.3 Å². The second-order valence-corrected chi connectivity index (χ2v) is 6.52. The van der Waals surface area contributed by atoms with E-state index >= 15 is 0 Å². The molecular weight excluding hydrogens is 376 g/mol. The third-order valence-corrected chi connectivity index (χ3v) is 4.62. The Bertz CT molecular complexity index is 851. The molecule has 1 unspecified atom stereocenters. The highest BCUT2D eigenvalue weighted by atomic mass is 16.6. The average molecular weight is 398 g/mol. The van der Waals surface area contributed by atoms with Gasteiger partial charge in [0.2, 0.25) is 0 Å². The van der Waals surface area contributed by atoms with Gasteiger partial charge in [-0.3, -0.25) is 24.6 Å². The van der Waals surface area contributed by atoms with Crippen molar-refractivity contribution >= 4 is 17.5 Å². The van der Waals surface area contributed by atoms with Crippen LogP contribution in [0.3, 0.4) is 0 Å². The van der Waals surface area contributed by atoms with Crippen LogP contribution in [0.5, 0.6) is 0 Å². The molecule has 2 amide bonds. The fourth-order valence-corrected chi connectivity index (χ4v) is 3.01. The number of non-ortho nitro benzene ring substituents is 1. The Kier molecular flexibility index (Phi) is 6.88. The molecule has 9 heteroatoms. The van der Waals surface area contributed by atoms with Crippen LogP contribution >= 0.6 is 0 Å². The number of morpholine rings is 1. The molecule has 152 valence electrons. The Morgan fingerprint density at radius 1 is 1.00 bits per heavy atom. The number of ether oxygens (including phenoxy) is 1. The Morgan fingerprint density at radius 2 is 1.62 bits per heavy atom. The molecule has 2 aromatic carbocycles. The third-order valence-electron chi connectivity index (χ3n) is 4.62. The highest BCUT2D eigenvalue weighted by molar-refractivity contribution is 5.95. The van der Waals surface area contributed by atoms with Gasteiger partial charge in [-0.15, -0.1) is 0 Å². The standard InChI is InChI=1S/C20H22N4O5/c25-19(15-4-2-1-3-5-15)21-14-18(23-10-12-29-13-11-23)22-20(26)16-6-8-17(9-7-16)24(27)28/h1-9,18H,10-14H2,(H,21,25)(H,22,26). The van der Waals surface area contributed by atoms with E-state index in [9.17, 15) is 19.7 Å². The van der Waals surface area contributed by atoms with E-state index in [1.165, 1.54) is 24.3 Å². The van der Waals surface area contributed by atoms with E-state index in [1.54, 1.807) is 24.3 Å². The van der Waals surface area contributed by atoms with Crippen LogP contribution in [0.2, 0.25) is 0 Å². The van der Waals surface area contributed by atoms with Gasteiger partial charge in [0.05, 0.1) is 30.8 Å². The molecule has 0 bridgehead atoms. The number of nitrogens with one attached hydrogen (secondary N) is 2. The monoisotopic (exact) mass is 398 g/mol. The van der Waals surface area contributed by atoms with E-state index in [0.717, 1.165) is 0 Å². The topological polar surface area (TPSA) is 114 Å². The minimum absolute atomic E-state index is 0.0820. The molecule has 2 aromatic rings. The first-order valence-corrected chi connectivity index (χ1v) is 9.25. The lowest BCUT2D eigenvalue weighted by Gasteiger charge is -2.35. The van der Waals surface area contributed by atoms with Crippen LogP contribution in [0.25, 0.3) is 0 Å². The maximum absolute atomic E-state index is 12.6. The van der Waals surface area contributed by atoms with Gasteiger partial charge >= 0.3 is 0 Å². The number of nitrogens with zero attached hydrogens (tertiary/aromatic N) is 2. The van der Waals surface area contributed by atoms with E-state index in [1.807, 2.05) is 11.0 Å². The molecule has 9 nitrogen and oxygen atoms in total. The molecule has 1 aliphatic heterocycles. The molecule has 1 atom stereocenters. The van der Waals surface area contributed by atoms with Crippen molar-refractivity contribution in [1.82, 2.24) is 15.5 Å². The molecule has 29 heavy (non-hydrogen) atoms. The maximum Gasteiger partial charge on any atom is 0.269 e. The lowest BCUT2D eigenvalue weighted by molar-refractivity contribution is -0.384. The van der Waals surface area contributed by atoms with E-state index in [0.29, 0.717) is 37.4 Å². The predicted octanol–water partition coefficient (Wildman–Crippen LogP) is 1.41. The highest BCUT2D eigenvalue weighted by Crippen LogP contribution is 2.12. The summed E-state index contributed by atoms with van der Waals surface area (Å²) in [5.74, 6) is -0.598. The highest BCUT2D eigenvalue weighted by Gasteiger charge is 2.24. The van der Waals surface area contributed by atoms with Gasteiger partial charge in [-0.25, -0.2) is 0 Å². The fourth-order valence-electron chi connectivity index (χ4n) is 3.01. The van der Waals surface area contributed by atoms with Crippen molar-refractivity contribution in [1.29, 1.82) is 0 Å². The smallest absolute Gasteiger partial charge is 0.269 e. The van der Waals surface area contributed by atoms with Crippen molar-refractivity contribution in [3.8, 4) is 0 Å². The first kappa shape index (κ1) is 20.4. The van der Waals surface area contributed by atoms with Gasteiger partial charge in [0.15, 0.2) is 0 Å². The van der Waals surface area contributed by atoms with Gasteiger partial charge in [-0.2, -0.15) is 0 Å². The summed E-state index contributed by atoms with van der Waals surface area (Å²) in [4.78, 5) is 37.3. The molecule has 2 N–H and O–H groups in total. The summed E-state index contributed by atoms with van der Waals surface area (Å²) >= 11 is 0. The van der Waals surface area contributed by atoms with Crippen LogP contribution in [0.15, 0.2) is 54.6 Å². The summed E-state index contributed by atoms with van der Waals surface area (Å²) in [5.41, 5.74) is 0.763. The number of carbonyl (C=O) groups excluding carboxylic acids is 2. The lowest BCUT2D eigenvalue weighted by atomic mass is 10.2. The number of amides is 2. The number of carbonyl (C=O) groups is 2. The SMILES string of the molecule is O=C(NCC(NC(=O)c1ccc([N+](=O)[O-])cc1)N1CCOCC1)c1ccccc1. The van der Waals surface area contributed by atoms with E-state index in [2.05, 4.69) is 10.6 Å². The van der Waals surface area contributed by atoms with Crippen molar-refractivity contribution < 1.29 is 19.2 Å². The first-order valence-electron chi connectivity index (χ1n) is 9.25. The Balaban J connectivity index is 1.67. The molecule has 0 radical (unpaired) electrons. The van der Waals surface area contributed by atoms with E-state index in [-0.39, 0.29) is 24.0 Å². The number of nitro benzene ring substituents is 1. The number of benzene rings is 2.